The number of aryl methyl sites for hydroxylation is 3. The second-order valence-corrected chi connectivity index (χ2v) is 5.20. The molecule has 1 aromatic carbocycles. The van der Waals surface area contributed by atoms with E-state index in [0.29, 0.717) is 0 Å². The molecule has 1 N–H and O–H groups in total. The van der Waals surface area contributed by atoms with Crippen molar-refractivity contribution in [1.29, 1.82) is 0 Å². The van der Waals surface area contributed by atoms with Gasteiger partial charge in [0, 0.05) is 23.7 Å². The van der Waals surface area contributed by atoms with Crippen LogP contribution in [0.3, 0.4) is 0 Å². The van der Waals surface area contributed by atoms with E-state index in [9.17, 15) is 0 Å². The summed E-state index contributed by atoms with van der Waals surface area (Å²) in [6.45, 7) is 5.96. The molecule has 21 heavy (non-hydrogen) atoms. The quantitative estimate of drug-likeness (QED) is 0.777. The van der Waals surface area contributed by atoms with Gasteiger partial charge < -0.3 is 5.32 Å². The van der Waals surface area contributed by atoms with Gasteiger partial charge >= 0.3 is 0 Å². The van der Waals surface area contributed by atoms with Crippen molar-refractivity contribution in [3.05, 3.63) is 47.4 Å². The molecule has 2 heterocycles. The molecule has 0 fully saturated rings. The molecule has 106 valence electrons. The first kappa shape index (κ1) is 13.5. The fourth-order valence-electron chi connectivity index (χ4n) is 2.35. The van der Waals surface area contributed by atoms with E-state index in [1.807, 2.05) is 40.0 Å². The molecule has 0 aliphatic carbocycles. The summed E-state index contributed by atoms with van der Waals surface area (Å²) in [7, 11) is 1.87. The summed E-state index contributed by atoms with van der Waals surface area (Å²) in [5, 5.41) is 4.24. The van der Waals surface area contributed by atoms with Crippen LogP contribution in [0.4, 0.5) is 5.82 Å². The number of hydrogen-bond donors (Lipinski definition) is 1. The minimum atomic E-state index is 0.803. The molecule has 0 unspecified atom stereocenters. The second-order valence-electron chi connectivity index (χ2n) is 5.20. The van der Waals surface area contributed by atoms with Gasteiger partial charge in [-0.25, -0.2) is 9.97 Å². The number of pyridine rings is 1. The van der Waals surface area contributed by atoms with E-state index >= 15 is 0 Å². The highest BCUT2D eigenvalue weighted by Crippen LogP contribution is 2.28. The van der Waals surface area contributed by atoms with E-state index in [-0.39, 0.29) is 0 Å². The van der Waals surface area contributed by atoms with Gasteiger partial charge in [0.1, 0.15) is 5.69 Å². The smallest absolute Gasteiger partial charge is 0.152 e. The van der Waals surface area contributed by atoms with Crippen molar-refractivity contribution in [2.45, 2.75) is 20.8 Å². The molecular weight excluding hydrogens is 260 g/mol. The predicted octanol–water partition coefficient (Wildman–Crippen LogP) is 3.66. The number of nitrogens with one attached hydrogen (secondary N) is 1. The lowest BCUT2D eigenvalue weighted by atomic mass is 10.1. The molecule has 0 saturated carbocycles. The average Bonchev–Trinajstić information content (AvgIpc) is 2.49. The van der Waals surface area contributed by atoms with Crippen molar-refractivity contribution in [2.75, 3.05) is 12.4 Å². The van der Waals surface area contributed by atoms with Gasteiger partial charge in [-0.1, -0.05) is 12.1 Å². The molecule has 0 aliphatic rings. The standard InChI is InChI=1S/C17H18N4/c1-10-5-6-13-9-14(7-8-15(13)19-10)16-17(18-4)21-12(3)11(2)20-16/h5-9H,1-4H3,(H,18,21). The Hall–Kier alpha value is -2.49. The van der Waals surface area contributed by atoms with E-state index in [4.69, 9.17) is 4.98 Å². The van der Waals surface area contributed by atoms with E-state index in [0.717, 1.165) is 45.1 Å². The summed E-state index contributed by atoms with van der Waals surface area (Å²) >= 11 is 0. The third-order valence-corrected chi connectivity index (χ3v) is 3.65. The molecule has 0 atom stereocenters. The number of rotatable bonds is 2. The SMILES string of the molecule is CNc1nc(C)c(C)nc1-c1ccc2nc(C)ccc2c1. The van der Waals surface area contributed by atoms with Gasteiger partial charge in [-0.15, -0.1) is 0 Å². The summed E-state index contributed by atoms with van der Waals surface area (Å²) < 4.78 is 0. The first-order valence-corrected chi connectivity index (χ1v) is 6.99. The fraction of sp³-hybridized carbons (Fsp3) is 0.235. The van der Waals surface area contributed by atoms with Crippen molar-refractivity contribution in [3.8, 4) is 11.3 Å². The molecule has 3 rings (SSSR count). The zero-order valence-corrected chi connectivity index (χ0v) is 12.7. The lowest BCUT2D eigenvalue weighted by molar-refractivity contribution is 1.05. The van der Waals surface area contributed by atoms with Crippen LogP contribution in [0, 0.1) is 20.8 Å². The lowest BCUT2D eigenvalue weighted by Gasteiger charge is -2.11. The van der Waals surface area contributed by atoms with Crippen LogP contribution in [0.2, 0.25) is 0 Å². The minimum absolute atomic E-state index is 0.803. The zero-order valence-electron chi connectivity index (χ0n) is 12.7. The minimum Gasteiger partial charge on any atom is -0.371 e. The Balaban J connectivity index is 2.20. The van der Waals surface area contributed by atoms with Crippen LogP contribution >= 0.6 is 0 Å². The number of aromatic nitrogens is 3. The Bertz CT molecular complexity index is 824. The first-order chi connectivity index (χ1) is 10.1. The topological polar surface area (TPSA) is 50.7 Å². The second kappa shape index (κ2) is 5.13. The normalized spacial score (nSPS) is 10.9. The molecule has 0 bridgehead atoms. The fourth-order valence-corrected chi connectivity index (χ4v) is 2.35. The summed E-state index contributed by atoms with van der Waals surface area (Å²) in [6.07, 6.45) is 0. The van der Waals surface area contributed by atoms with E-state index in [1.165, 1.54) is 0 Å². The van der Waals surface area contributed by atoms with E-state index < -0.39 is 0 Å². The Morgan fingerprint density at radius 1 is 0.857 bits per heavy atom. The number of hydrogen-bond acceptors (Lipinski definition) is 4. The van der Waals surface area contributed by atoms with E-state index in [2.05, 4.69) is 33.5 Å². The molecule has 4 heteroatoms. The molecule has 2 aromatic heterocycles. The van der Waals surface area contributed by atoms with Gasteiger partial charge in [0.15, 0.2) is 5.82 Å². The number of anilines is 1. The van der Waals surface area contributed by atoms with Gasteiger partial charge in [-0.05, 0) is 39.0 Å². The molecule has 0 saturated heterocycles. The van der Waals surface area contributed by atoms with Crippen molar-refractivity contribution in [3.63, 3.8) is 0 Å². The van der Waals surface area contributed by atoms with Crippen LogP contribution in [-0.4, -0.2) is 22.0 Å². The Morgan fingerprint density at radius 3 is 2.38 bits per heavy atom. The lowest BCUT2D eigenvalue weighted by Crippen LogP contribution is -2.02. The predicted molar refractivity (Wildman–Crippen MR) is 86.5 cm³/mol. The maximum absolute atomic E-state index is 4.69. The Labute approximate surface area is 124 Å². The van der Waals surface area contributed by atoms with Gasteiger partial charge in [0.05, 0.1) is 16.9 Å². The van der Waals surface area contributed by atoms with Crippen LogP contribution < -0.4 is 5.32 Å². The molecule has 0 amide bonds. The molecule has 0 aliphatic heterocycles. The van der Waals surface area contributed by atoms with Crippen LogP contribution in [0.15, 0.2) is 30.3 Å². The molecular formula is C17H18N4. The molecule has 3 aromatic rings. The molecule has 0 spiro atoms. The van der Waals surface area contributed by atoms with Crippen molar-refractivity contribution < 1.29 is 0 Å². The first-order valence-electron chi connectivity index (χ1n) is 6.99. The summed E-state index contributed by atoms with van der Waals surface area (Å²) in [4.78, 5) is 13.8. The summed E-state index contributed by atoms with van der Waals surface area (Å²) in [5.41, 5.74) is 5.85. The highest BCUT2D eigenvalue weighted by molar-refractivity contribution is 5.86. The van der Waals surface area contributed by atoms with Crippen LogP contribution in [0.1, 0.15) is 17.1 Å². The zero-order chi connectivity index (χ0) is 15.0. The van der Waals surface area contributed by atoms with Gasteiger partial charge in [-0.3, -0.25) is 4.98 Å². The maximum atomic E-state index is 4.69. The van der Waals surface area contributed by atoms with Crippen LogP contribution in [0.25, 0.3) is 22.2 Å². The molecule has 4 nitrogen and oxygen atoms in total. The maximum Gasteiger partial charge on any atom is 0.152 e. The van der Waals surface area contributed by atoms with Gasteiger partial charge in [0.2, 0.25) is 0 Å². The highest BCUT2D eigenvalue weighted by Gasteiger charge is 2.11. The Kier molecular flexibility index (Phi) is 3.29. The third kappa shape index (κ3) is 2.44. The van der Waals surface area contributed by atoms with Crippen LogP contribution in [0.5, 0.6) is 0 Å². The Morgan fingerprint density at radius 2 is 1.62 bits per heavy atom. The molecule has 0 radical (unpaired) electrons. The average molecular weight is 278 g/mol. The third-order valence-electron chi connectivity index (χ3n) is 3.65. The number of nitrogens with zero attached hydrogens (tertiary/aromatic N) is 3. The van der Waals surface area contributed by atoms with Crippen LogP contribution in [-0.2, 0) is 0 Å². The highest BCUT2D eigenvalue weighted by atomic mass is 15.0. The van der Waals surface area contributed by atoms with Crippen molar-refractivity contribution in [2.24, 2.45) is 0 Å². The number of fused-ring (bicyclic) bond motifs is 1. The van der Waals surface area contributed by atoms with E-state index in [1.54, 1.807) is 0 Å². The van der Waals surface area contributed by atoms with Gasteiger partial charge in [-0.2, -0.15) is 0 Å². The largest absolute Gasteiger partial charge is 0.371 e. The number of benzene rings is 1. The summed E-state index contributed by atoms with van der Waals surface area (Å²) in [5.74, 6) is 0.803. The van der Waals surface area contributed by atoms with Crippen molar-refractivity contribution >= 4 is 16.7 Å². The monoisotopic (exact) mass is 278 g/mol. The van der Waals surface area contributed by atoms with Gasteiger partial charge in [0.25, 0.3) is 0 Å². The summed E-state index contributed by atoms with van der Waals surface area (Å²) in [6, 6.07) is 10.3. The van der Waals surface area contributed by atoms with Crippen molar-refractivity contribution in [1.82, 2.24) is 15.0 Å².